The first-order valence-electron chi connectivity index (χ1n) is 11.3. The normalized spacial score (nSPS) is 18.0. The molecular formula is C25H34FIN4O. The van der Waals surface area contributed by atoms with Gasteiger partial charge in [0.15, 0.2) is 5.96 Å². The van der Waals surface area contributed by atoms with Gasteiger partial charge in [0.1, 0.15) is 5.82 Å². The highest BCUT2D eigenvalue weighted by Gasteiger charge is 2.45. The number of benzene rings is 2. The topological polar surface area (TPSA) is 48.9 Å². The molecular weight excluding hydrogens is 518 g/mol. The van der Waals surface area contributed by atoms with Crippen molar-refractivity contribution in [1.82, 2.24) is 15.5 Å². The summed E-state index contributed by atoms with van der Waals surface area (Å²) in [5.41, 5.74) is 3.20. The molecule has 0 radical (unpaired) electrons. The van der Waals surface area contributed by atoms with Gasteiger partial charge in [0, 0.05) is 38.1 Å². The third-order valence-electron chi connectivity index (χ3n) is 6.19. The second-order valence-electron chi connectivity index (χ2n) is 8.51. The van der Waals surface area contributed by atoms with Gasteiger partial charge in [-0.3, -0.25) is 4.90 Å². The number of morpholine rings is 1. The molecule has 0 bridgehead atoms. The van der Waals surface area contributed by atoms with Crippen LogP contribution in [0.5, 0.6) is 0 Å². The van der Waals surface area contributed by atoms with E-state index < -0.39 is 0 Å². The van der Waals surface area contributed by atoms with E-state index in [1.54, 1.807) is 12.1 Å². The first kappa shape index (κ1) is 24.9. The number of ether oxygens (including phenoxy) is 1. The summed E-state index contributed by atoms with van der Waals surface area (Å²) in [5.74, 6) is 0.670. The van der Waals surface area contributed by atoms with Gasteiger partial charge < -0.3 is 15.4 Å². The number of hydrogen-bond donors (Lipinski definition) is 2. The molecule has 0 spiro atoms. The van der Waals surface area contributed by atoms with E-state index in [4.69, 9.17) is 9.73 Å². The van der Waals surface area contributed by atoms with Gasteiger partial charge in [-0.2, -0.15) is 0 Å². The Balaban J connectivity index is 0.00000289. The largest absolute Gasteiger partial charge is 0.379 e. The van der Waals surface area contributed by atoms with Crippen LogP contribution in [0.3, 0.4) is 0 Å². The van der Waals surface area contributed by atoms with Crippen LogP contribution in [0.4, 0.5) is 4.39 Å². The summed E-state index contributed by atoms with van der Waals surface area (Å²) < 4.78 is 19.7. The van der Waals surface area contributed by atoms with E-state index in [1.165, 1.54) is 11.1 Å². The third kappa shape index (κ3) is 6.65. The Morgan fingerprint density at radius 2 is 1.72 bits per heavy atom. The number of aliphatic imine (C=N–C) groups is 1. The smallest absolute Gasteiger partial charge is 0.191 e. The monoisotopic (exact) mass is 552 g/mol. The molecule has 1 heterocycles. The molecule has 7 heteroatoms. The van der Waals surface area contributed by atoms with Crippen LogP contribution in [0, 0.1) is 5.82 Å². The molecule has 174 valence electrons. The first-order valence-corrected chi connectivity index (χ1v) is 11.3. The lowest BCUT2D eigenvalue weighted by molar-refractivity contribution is 0.0342. The van der Waals surface area contributed by atoms with Gasteiger partial charge >= 0.3 is 0 Å². The van der Waals surface area contributed by atoms with E-state index in [0.29, 0.717) is 13.1 Å². The summed E-state index contributed by atoms with van der Waals surface area (Å²) in [6.07, 6.45) is 2.01. The zero-order valence-corrected chi connectivity index (χ0v) is 21.1. The summed E-state index contributed by atoms with van der Waals surface area (Å²) in [7, 11) is 0. The number of hydrogen-bond acceptors (Lipinski definition) is 3. The van der Waals surface area contributed by atoms with Gasteiger partial charge in [0.05, 0.1) is 19.8 Å². The molecule has 2 aromatic rings. The van der Waals surface area contributed by atoms with Crippen molar-refractivity contribution in [2.24, 2.45) is 4.99 Å². The van der Waals surface area contributed by atoms with E-state index in [0.717, 1.165) is 63.8 Å². The second kappa shape index (κ2) is 12.0. The van der Waals surface area contributed by atoms with Crippen LogP contribution >= 0.6 is 24.0 Å². The Morgan fingerprint density at radius 1 is 1.03 bits per heavy atom. The van der Waals surface area contributed by atoms with Crippen molar-refractivity contribution in [2.45, 2.75) is 38.3 Å². The maximum absolute atomic E-state index is 14.3. The number of nitrogens with zero attached hydrogens (tertiary/aromatic N) is 2. The molecule has 1 saturated heterocycles. The molecule has 0 unspecified atom stereocenters. The average Bonchev–Trinajstić information content (AvgIpc) is 3.59. The maximum atomic E-state index is 14.3. The fourth-order valence-electron chi connectivity index (χ4n) is 4.12. The van der Waals surface area contributed by atoms with E-state index in [1.807, 2.05) is 12.1 Å². The molecule has 0 atom stereocenters. The molecule has 0 aromatic heterocycles. The van der Waals surface area contributed by atoms with Crippen LogP contribution in [-0.2, 0) is 23.2 Å². The van der Waals surface area contributed by atoms with Gasteiger partial charge in [0.2, 0.25) is 0 Å². The average molecular weight is 552 g/mol. The van der Waals surface area contributed by atoms with Gasteiger partial charge in [-0.15, -0.1) is 24.0 Å². The molecule has 2 aromatic carbocycles. The number of guanidine groups is 1. The lowest BCUT2D eigenvalue weighted by Crippen LogP contribution is -2.41. The highest BCUT2D eigenvalue weighted by atomic mass is 127. The Morgan fingerprint density at radius 3 is 2.38 bits per heavy atom. The molecule has 2 aliphatic rings. The Bertz CT molecular complexity index is 880. The standard InChI is InChI=1S/C25H33FN4O.HI/c1-2-27-24(29-19-25(11-12-25)22-5-3-4-6-23(22)26)28-17-20-7-9-21(10-8-20)18-30-13-15-31-16-14-30;/h3-10H,2,11-19H2,1H3,(H2,27,28,29);1H. The van der Waals surface area contributed by atoms with Crippen LogP contribution in [-0.4, -0.2) is 50.3 Å². The molecule has 4 rings (SSSR count). The van der Waals surface area contributed by atoms with Gasteiger partial charge in [-0.1, -0.05) is 42.5 Å². The van der Waals surface area contributed by atoms with Crippen molar-refractivity contribution in [3.63, 3.8) is 0 Å². The van der Waals surface area contributed by atoms with Crippen LogP contribution < -0.4 is 10.6 Å². The summed E-state index contributed by atoms with van der Waals surface area (Å²) in [6.45, 7) is 8.76. The lowest BCUT2D eigenvalue weighted by Gasteiger charge is -2.26. The van der Waals surface area contributed by atoms with Crippen molar-refractivity contribution in [2.75, 3.05) is 39.4 Å². The zero-order valence-electron chi connectivity index (χ0n) is 18.8. The van der Waals surface area contributed by atoms with Gasteiger partial charge in [-0.05, 0) is 42.5 Å². The molecule has 1 saturated carbocycles. The highest BCUT2D eigenvalue weighted by molar-refractivity contribution is 14.0. The minimum atomic E-state index is -0.110. The van der Waals surface area contributed by atoms with Gasteiger partial charge in [0.25, 0.3) is 0 Å². The minimum absolute atomic E-state index is 0. The Labute approximate surface area is 207 Å². The van der Waals surface area contributed by atoms with Crippen molar-refractivity contribution >= 4 is 29.9 Å². The summed E-state index contributed by atoms with van der Waals surface area (Å²) >= 11 is 0. The van der Waals surface area contributed by atoms with Crippen LogP contribution in [0.25, 0.3) is 0 Å². The van der Waals surface area contributed by atoms with Crippen LogP contribution in [0.15, 0.2) is 53.5 Å². The summed E-state index contributed by atoms with van der Waals surface area (Å²) in [6, 6.07) is 15.8. The van der Waals surface area contributed by atoms with E-state index in [-0.39, 0.29) is 35.2 Å². The predicted molar refractivity (Wildman–Crippen MR) is 138 cm³/mol. The lowest BCUT2D eigenvalue weighted by atomic mass is 9.95. The van der Waals surface area contributed by atoms with Gasteiger partial charge in [-0.25, -0.2) is 9.38 Å². The highest BCUT2D eigenvalue weighted by Crippen LogP contribution is 2.48. The molecule has 2 fully saturated rings. The van der Waals surface area contributed by atoms with Crippen molar-refractivity contribution in [3.05, 3.63) is 71.0 Å². The Hall–Kier alpha value is -1.71. The van der Waals surface area contributed by atoms with E-state index >= 15 is 0 Å². The molecule has 32 heavy (non-hydrogen) atoms. The molecule has 1 aliphatic heterocycles. The maximum Gasteiger partial charge on any atom is 0.191 e. The predicted octanol–water partition coefficient (Wildman–Crippen LogP) is 4.06. The fourth-order valence-corrected chi connectivity index (χ4v) is 4.12. The first-order chi connectivity index (χ1) is 15.2. The molecule has 1 aliphatic carbocycles. The van der Waals surface area contributed by atoms with Crippen molar-refractivity contribution in [1.29, 1.82) is 0 Å². The summed E-state index contributed by atoms with van der Waals surface area (Å²) in [5, 5.41) is 6.75. The fraction of sp³-hybridized carbons (Fsp3) is 0.480. The molecule has 0 amide bonds. The number of nitrogens with one attached hydrogen (secondary N) is 2. The number of rotatable bonds is 8. The SMILES string of the molecule is CCNC(=NCc1ccc(CN2CCOCC2)cc1)NCC1(c2ccccc2F)CC1.I. The second-order valence-corrected chi connectivity index (χ2v) is 8.51. The molecule has 2 N–H and O–H groups in total. The quantitative estimate of drug-likeness (QED) is 0.295. The number of halogens is 2. The molecule has 5 nitrogen and oxygen atoms in total. The Kier molecular flexibility index (Phi) is 9.31. The van der Waals surface area contributed by atoms with Crippen molar-refractivity contribution in [3.8, 4) is 0 Å². The van der Waals surface area contributed by atoms with Crippen LogP contribution in [0.2, 0.25) is 0 Å². The van der Waals surface area contributed by atoms with Crippen LogP contribution in [0.1, 0.15) is 36.5 Å². The van der Waals surface area contributed by atoms with E-state index in [2.05, 4.69) is 46.7 Å². The van der Waals surface area contributed by atoms with Crippen molar-refractivity contribution < 1.29 is 9.13 Å². The van der Waals surface area contributed by atoms with E-state index in [9.17, 15) is 4.39 Å². The minimum Gasteiger partial charge on any atom is -0.379 e. The third-order valence-corrected chi connectivity index (χ3v) is 6.19. The zero-order chi connectivity index (χ0) is 21.5. The summed E-state index contributed by atoms with van der Waals surface area (Å²) in [4.78, 5) is 7.17.